The number of ether oxygens (including phenoxy) is 1. The van der Waals surface area contributed by atoms with E-state index in [0.29, 0.717) is 0 Å². The number of aromatic hydroxyl groups is 1. The maximum Gasteiger partial charge on any atom is 1.00 e. The van der Waals surface area contributed by atoms with Crippen LogP contribution in [0.5, 0.6) is 11.5 Å². The Kier molecular flexibility index (Phi) is 5.59. The van der Waals surface area contributed by atoms with Crippen LogP contribution in [-0.4, -0.2) is 25.2 Å². The molecule has 0 saturated heterocycles. The van der Waals surface area contributed by atoms with Crippen LogP contribution in [-0.2, 0) is 10.1 Å². The molecule has 0 aliphatic carbocycles. The molecular weight excluding hydrogens is 235 g/mol. The first-order valence-electron chi connectivity index (χ1n) is 3.28. The van der Waals surface area contributed by atoms with Crippen molar-refractivity contribution in [3.63, 3.8) is 0 Å². The van der Waals surface area contributed by atoms with Gasteiger partial charge in [-0.2, -0.15) is 0 Å². The summed E-state index contributed by atoms with van der Waals surface area (Å²) in [5.41, 5.74) is 0. The van der Waals surface area contributed by atoms with Gasteiger partial charge in [0, 0.05) is 6.07 Å². The van der Waals surface area contributed by atoms with Crippen LogP contribution in [0.25, 0.3) is 0 Å². The van der Waals surface area contributed by atoms with Gasteiger partial charge in [0.2, 0.25) is 0 Å². The number of benzene rings is 1. The van der Waals surface area contributed by atoms with Crippen LogP contribution in [0.1, 0.15) is 0 Å². The Labute approximate surface area is 124 Å². The normalized spacial score (nSPS) is 10.4. The number of phenolic OH excluding ortho intramolecular Hbond substituents is 1. The van der Waals surface area contributed by atoms with Crippen molar-refractivity contribution >= 4 is 10.1 Å². The Balaban J connectivity index is 0.00000169. The summed E-state index contributed by atoms with van der Waals surface area (Å²) in [7, 11) is -3.20. The monoisotopic (exact) mass is 242 g/mol. The number of phenols is 1. The van der Waals surface area contributed by atoms with Crippen LogP contribution in [0.3, 0.4) is 0 Å². The van der Waals surface area contributed by atoms with E-state index in [1.54, 1.807) is 0 Å². The van der Waals surface area contributed by atoms with E-state index >= 15 is 0 Å². The molecule has 0 amide bonds. The number of rotatable bonds is 2. The van der Waals surface area contributed by atoms with Gasteiger partial charge in [0.1, 0.15) is 10.1 Å². The van der Waals surface area contributed by atoms with Crippen LogP contribution in [0.2, 0.25) is 0 Å². The van der Waals surface area contributed by atoms with Gasteiger partial charge < -0.3 is 14.4 Å². The van der Waals surface area contributed by atoms with Gasteiger partial charge in [-0.3, -0.25) is 0 Å². The van der Waals surface area contributed by atoms with E-state index in [9.17, 15) is 13.0 Å². The molecule has 5 nitrogen and oxygen atoms in total. The predicted molar refractivity (Wildman–Crippen MR) is 42.6 cm³/mol. The van der Waals surface area contributed by atoms with E-state index in [0.717, 1.165) is 12.1 Å². The van der Waals surface area contributed by atoms with E-state index < -0.39 is 15.0 Å². The summed E-state index contributed by atoms with van der Waals surface area (Å²) in [4.78, 5) is -0.481. The van der Waals surface area contributed by atoms with Gasteiger partial charge in [0.15, 0.2) is 11.5 Å². The van der Waals surface area contributed by atoms with Crippen molar-refractivity contribution in [2.75, 3.05) is 7.11 Å². The fourth-order valence-electron chi connectivity index (χ4n) is 0.825. The Morgan fingerprint density at radius 1 is 1.43 bits per heavy atom. The van der Waals surface area contributed by atoms with Gasteiger partial charge >= 0.3 is 51.4 Å². The van der Waals surface area contributed by atoms with Crippen LogP contribution < -0.4 is 56.1 Å². The molecule has 0 radical (unpaired) electrons. The molecule has 1 aromatic rings. The van der Waals surface area contributed by atoms with Crippen molar-refractivity contribution < 1.29 is 74.2 Å². The molecule has 0 unspecified atom stereocenters. The van der Waals surface area contributed by atoms with Gasteiger partial charge in [-0.1, -0.05) is 0 Å². The fourth-order valence-corrected chi connectivity index (χ4v) is 1.32. The molecule has 0 aromatic heterocycles. The predicted octanol–water partition coefficient (Wildman–Crippen LogP) is -2.69. The maximum absolute atomic E-state index is 10.5. The third-order valence-electron chi connectivity index (χ3n) is 1.44. The molecule has 0 aliphatic heterocycles. The second-order valence-electron chi connectivity index (χ2n) is 2.29. The molecule has 0 aliphatic rings. The average Bonchev–Trinajstić information content (AvgIpc) is 2.02. The zero-order valence-electron chi connectivity index (χ0n) is 7.72. The first-order valence-corrected chi connectivity index (χ1v) is 4.69. The summed E-state index contributed by atoms with van der Waals surface area (Å²) in [6.45, 7) is 0. The molecule has 0 atom stereocenters. The van der Waals surface area contributed by atoms with Gasteiger partial charge in [-0.15, -0.1) is 0 Å². The van der Waals surface area contributed by atoms with Crippen molar-refractivity contribution in [1.29, 1.82) is 0 Å². The van der Waals surface area contributed by atoms with E-state index in [4.69, 9.17) is 5.11 Å². The molecule has 1 rings (SSSR count). The summed E-state index contributed by atoms with van der Waals surface area (Å²) in [6, 6.07) is 3.13. The fraction of sp³-hybridized carbons (Fsp3) is 0.143. The second kappa shape index (κ2) is 5.45. The molecule has 0 saturated carbocycles. The summed E-state index contributed by atoms with van der Waals surface area (Å²) in [6.07, 6.45) is 0. The zero-order chi connectivity index (χ0) is 10.1. The third-order valence-corrected chi connectivity index (χ3v) is 2.27. The first-order chi connectivity index (χ1) is 5.95. The van der Waals surface area contributed by atoms with Crippen LogP contribution >= 0.6 is 0 Å². The third kappa shape index (κ3) is 3.50. The standard InChI is InChI=1S/C7H8O5S.K/c1-12-7-3-2-5(4-6(7)8)13(9,10)11;/h2-4,8H,1H3,(H,9,10,11);/q;+1/p-1. The van der Waals surface area contributed by atoms with E-state index in [2.05, 4.69) is 4.74 Å². The van der Waals surface area contributed by atoms with E-state index in [-0.39, 0.29) is 62.9 Å². The second-order valence-corrected chi connectivity index (χ2v) is 3.67. The molecule has 7 heteroatoms. The molecular formula is C7H7KO5S. The van der Waals surface area contributed by atoms with E-state index in [1.807, 2.05) is 0 Å². The Morgan fingerprint density at radius 3 is 2.36 bits per heavy atom. The number of hydrogen-bond acceptors (Lipinski definition) is 5. The quantitative estimate of drug-likeness (QED) is 0.451. The van der Waals surface area contributed by atoms with Gasteiger partial charge in [-0.25, -0.2) is 8.42 Å². The molecule has 0 fully saturated rings. The average molecular weight is 242 g/mol. The molecule has 72 valence electrons. The van der Waals surface area contributed by atoms with Crippen LogP contribution in [0.4, 0.5) is 0 Å². The summed E-state index contributed by atoms with van der Waals surface area (Å²) in [5.74, 6) is -0.258. The maximum atomic E-state index is 10.5. The molecule has 0 heterocycles. The molecule has 1 N–H and O–H groups in total. The molecule has 1 aromatic carbocycles. The van der Waals surface area contributed by atoms with Crippen molar-refractivity contribution in [3.05, 3.63) is 18.2 Å². The minimum atomic E-state index is -4.52. The molecule has 0 bridgehead atoms. The first kappa shape index (κ1) is 14.4. The van der Waals surface area contributed by atoms with Crippen molar-refractivity contribution in [1.82, 2.24) is 0 Å². The van der Waals surface area contributed by atoms with Gasteiger partial charge in [0.25, 0.3) is 0 Å². The summed E-state index contributed by atoms with van der Waals surface area (Å²) in [5, 5.41) is 9.13. The SMILES string of the molecule is COc1ccc(S(=O)(=O)[O-])cc1O.[K+]. The van der Waals surface area contributed by atoms with Crippen molar-refractivity contribution in [3.8, 4) is 11.5 Å². The van der Waals surface area contributed by atoms with Crippen molar-refractivity contribution in [2.45, 2.75) is 4.90 Å². The zero-order valence-corrected chi connectivity index (χ0v) is 11.7. The van der Waals surface area contributed by atoms with E-state index in [1.165, 1.54) is 13.2 Å². The number of hydrogen-bond donors (Lipinski definition) is 1. The Hall–Kier alpha value is 0.366. The van der Waals surface area contributed by atoms with Gasteiger partial charge in [-0.05, 0) is 12.1 Å². The minimum absolute atomic E-state index is 0. The topological polar surface area (TPSA) is 86.7 Å². The summed E-state index contributed by atoms with van der Waals surface area (Å²) < 4.78 is 36.1. The number of methoxy groups -OCH3 is 1. The van der Waals surface area contributed by atoms with Gasteiger partial charge in [0.05, 0.1) is 12.0 Å². The summed E-state index contributed by atoms with van der Waals surface area (Å²) >= 11 is 0. The molecule has 14 heavy (non-hydrogen) atoms. The smallest absolute Gasteiger partial charge is 0.744 e. The van der Waals surface area contributed by atoms with Crippen LogP contribution in [0, 0.1) is 0 Å². The van der Waals surface area contributed by atoms with Crippen LogP contribution in [0.15, 0.2) is 23.1 Å². The molecule has 0 spiro atoms. The minimum Gasteiger partial charge on any atom is -0.744 e. The Bertz CT molecular complexity index is 414. The van der Waals surface area contributed by atoms with Crippen molar-refractivity contribution in [2.24, 2.45) is 0 Å². The Morgan fingerprint density at radius 2 is 2.00 bits per heavy atom. The largest absolute Gasteiger partial charge is 1.00 e.